The molecule has 0 saturated carbocycles. The van der Waals surface area contributed by atoms with Crippen LogP contribution in [-0.4, -0.2) is 12.0 Å². The maximum atomic E-state index is 12.8. The third-order valence-corrected chi connectivity index (χ3v) is 5.02. The molecule has 0 unspecified atom stereocenters. The average molecular weight is 374 g/mol. The van der Waals surface area contributed by atoms with Crippen molar-refractivity contribution >= 4 is 17.5 Å². The van der Waals surface area contributed by atoms with E-state index in [1.807, 2.05) is 19.9 Å². The Labute approximate surface area is 161 Å². The smallest absolute Gasteiger partial charge is 0.261 e. The molecule has 2 aromatic carbocycles. The van der Waals surface area contributed by atoms with Crippen molar-refractivity contribution in [3.8, 4) is 5.75 Å². The highest BCUT2D eigenvalue weighted by Crippen LogP contribution is 2.24. The quantitative estimate of drug-likeness (QED) is 0.676. The molecule has 0 aliphatic heterocycles. The summed E-state index contributed by atoms with van der Waals surface area (Å²) in [6.45, 7) is 10.1. The van der Waals surface area contributed by atoms with E-state index < -0.39 is 6.10 Å². The summed E-state index contributed by atoms with van der Waals surface area (Å²) in [5, 5.41) is 3.84. The van der Waals surface area contributed by atoms with Gasteiger partial charge in [0.2, 0.25) is 0 Å². The molecule has 26 heavy (non-hydrogen) atoms. The Morgan fingerprint density at radius 3 is 2.35 bits per heavy atom. The topological polar surface area (TPSA) is 38.3 Å². The SMILES string of the molecule is CC[C@H](Oc1ccc(Cl)c(C)c1)C(=O)N[C@H](CC)c1ccc(C)cc1C. The molecular weight excluding hydrogens is 346 g/mol. The molecule has 2 rings (SSSR count). The van der Waals surface area contributed by atoms with Gasteiger partial charge >= 0.3 is 0 Å². The highest BCUT2D eigenvalue weighted by atomic mass is 35.5. The lowest BCUT2D eigenvalue weighted by atomic mass is 9.97. The van der Waals surface area contributed by atoms with Gasteiger partial charge in [-0.2, -0.15) is 0 Å². The summed E-state index contributed by atoms with van der Waals surface area (Å²) >= 11 is 6.06. The first-order valence-electron chi connectivity index (χ1n) is 9.16. The molecule has 0 fully saturated rings. The number of carbonyl (C=O) groups excluding carboxylic acids is 1. The van der Waals surface area contributed by atoms with Crippen molar-refractivity contribution in [2.24, 2.45) is 0 Å². The molecule has 0 aliphatic rings. The Morgan fingerprint density at radius 1 is 1.04 bits per heavy atom. The summed E-state index contributed by atoms with van der Waals surface area (Å²) in [7, 11) is 0. The van der Waals surface area contributed by atoms with Crippen molar-refractivity contribution in [2.45, 2.75) is 59.6 Å². The van der Waals surface area contributed by atoms with Crippen LogP contribution in [0, 0.1) is 20.8 Å². The standard InChI is InChI=1S/C22H28ClNO2/c1-6-20(18-10-8-14(3)12-15(18)4)24-22(25)21(7-2)26-17-9-11-19(23)16(5)13-17/h8-13,20-21H,6-7H2,1-5H3,(H,24,25)/t20-,21+/m1/s1. The normalized spacial score (nSPS) is 13.2. The zero-order valence-corrected chi connectivity index (χ0v) is 17.0. The molecule has 0 aliphatic carbocycles. The van der Waals surface area contributed by atoms with Crippen molar-refractivity contribution in [3.63, 3.8) is 0 Å². The Hall–Kier alpha value is -2.00. The minimum Gasteiger partial charge on any atom is -0.481 e. The third-order valence-electron chi connectivity index (χ3n) is 4.60. The van der Waals surface area contributed by atoms with E-state index in [2.05, 4.69) is 44.3 Å². The predicted octanol–water partition coefficient (Wildman–Crippen LogP) is 5.69. The number of hydrogen-bond donors (Lipinski definition) is 1. The van der Waals surface area contributed by atoms with Gasteiger partial charge in [-0.15, -0.1) is 0 Å². The summed E-state index contributed by atoms with van der Waals surface area (Å²) < 4.78 is 5.92. The van der Waals surface area contributed by atoms with Crippen LogP contribution < -0.4 is 10.1 Å². The van der Waals surface area contributed by atoms with E-state index in [1.54, 1.807) is 12.1 Å². The van der Waals surface area contributed by atoms with Crippen LogP contribution in [0.5, 0.6) is 5.75 Å². The van der Waals surface area contributed by atoms with Crippen LogP contribution in [0.4, 0.5) is 0 Å². The lowest BCUT2D eigenvalue weighted by molar-refractivity contribution is -0.128. The van der Waals surface area contributed by atoms with E-state index in [0.29, 0.717) is 17.2 Å². The molecule has 0 spiro atoms. The van der Waals surface area contributed by atoms with E-state index >= 15 is 0 Å². The highest BCUT2D eigenvalue weighted by molar-refractivity contribution is 6.31. The molecule has 2 atom stereocenters. The van der Waals surface area contributed by atoms with Gasteiger partial charge in [0.1, 0.15) is 5.75 Å². The van der Waals surface area contributed by atoms with Gasteiger partial charge < -0.3 is 10.1 Å². The molecule has 1 N–H and O–H groups in total. The first-order valence-corrected chi connectivity index (χ1v) is 9.53. The number of halogens is 1. The van der Waals surface area contributed by atoms with Crippen LogP contribution in [-0.2, 0) is 4.79 Å². The first kappa shape index (κ1) is 20.3. The van der Waals surface area contributed by atoms with Crippen LogP contribution >= 0.6 is 11.6 Å². The molecule has 0 saturated heterocycles. The van der Waals surface area contributed by atoms with Crippen LogP contribution in [0.15, 0.2) is 36.4 Å². The van der Waals surface area contributed by atoms with E-state index in [4.69, 9.17) is 16.3 Å². The minimum absolute atomic E-state index is 0.0206. The molecular formula is C22H28ClNO2. The van der Waals surface area contributed by atoms with Gasteiger partial charge in [0.05, 0.1) is 6.04 Å². The molecule has 3 nitrogen and oxygen atoms in total. The van der Waals surface area contributed by atoms with E-state index in [-0.39, 0.29) is 11.9 Å². The molecule has 0 radical (unpaired) electrons. The van der Waals surface area contributed by atoms with Gasteiger partial charge in [-0.3, -0.25) is 4.79 Å². The van der Waals surface area contributed by atoms with Crippen LogP contribution in [0.3, 0.4) is 0 Å². The van der Waals surface area contributed by atoms with Crippen molar-refractivity contribution < 1.29 is 9.53 Å². The maximum Gasteiger partial charge on any atom is 0.261 e. The fourth-order valence-corrected chi connectivity index (χ4v) is 3.18. The third kappa shape index (κ3) is 5.01. The van der Waals surface area contributed by atoms with Gasteiger partial charge in [-0.1, -0.05) is 49.2 Å². The number of ether oxygens (including phenoxy) is 1. The Morgan fingerprint density at radius 2 is 1.77 bits per heavy atom. The Bertz CT molecular complexity index is 773. The molecule has 4 heteroatoms. The van der Waals surface area contributed by atoms with Gasteiger partial charge in [-0.25, -0.2) is 0 Å². The number of rotatable bonds is 7. The number of amides is 1. The molecule has 0 bridgehead atoms. The monoisotopic (exact) mass is 373 g/mol. The zero-order valence-electron chi connectivity index (χ0n) is 16.2. The summed E-state index contributed by atoms with van der Waals surface area (Å²) in [5.41, 5.74) is 4.50. The van der Waals surface area contributed by atoms with Gasteiger partial charge in [0, 0.05) is 5.02 Å². The Balaban J connectivity index is 2.12. The average Bonchev–Trinajstić information content (AvgIpc) is 2.60. The fourth-order valence-electron chi connectivity index (χ4n) is 3.06. The van der Waals surface area contributed by atoms with Gasteiger partial charge in [0.15, 0.2) is 6.10 Å². The zero-order chi connectivity index (χ0) is 19.3. The fraction of sp³-hybridized carbons (Fsp3) is 0.409. The van der Waals surface area contributed by atoms with E-state index in [1.165, 1.54) is 11.1 Å². The molecule has 0 aromatic heterocycles. The molecule has 1 amide bonds. The van der Waals surface area contributed by atoms with Crippen LogP contribution in [0.25, 0.3) is 0 Å². The van der Waals surface area contributed by atoms with Crippen molar-refractivity contribution in [3.05, 3.63) is 63.7 Å². The van der Waals surface area contributed by atoms with Crippen molar-refractivity contribution in [1.29, 1.82) is 0 Å². The molecule has 140 valence electrons. The number of benzene rings is 2. The first-order chi connectivity index (χ1) is 12.3. The summed E-state index contributed by atoms with van der Waals surface area (Å²) in [4.78, 5) is 12.8. The maximum absolute atomic E-state index is 12.8. The number of aryl methyl sites for hydroxylation is 3. The second-order valence-corrected chi connectivity index (χ2v) is 7.16. The number of hydrogen-bond acceptors (Lipinski definition) is 2. The lowest BCUT2D eigenvalue weighted by Crippen LogP contribution is -2.40. The lowest BCUT2D eigenvalue weighted by Gasteiger charge is -2.24. The molecule has 0 heterocycles. The summed E-state index contributed by atoms with van der Waals surface area (Å²) in [6, 6.07) is 11.8. The largest absolute Gasteiger partial charge is 0.481 e. The summed E-state index contributed by atoms with van der Waals surface area (Å²) in [6.07, 6.45) is 0.888. The highest BCUT2D eigenvalue weighted by Gasteiger charge is 2.22. The van der Waals surface area contributed by atoms with Crippen LogP contribution in [0.1, 0.15) is 55.0 Å². The predicted molar refractivity (Wildman–Crippen MR) is 108 cm³/mol. The summed E-state index contributed by atoms with van der Waals surface area (Å²) in [5.74, 6) is 0.570. The Kier molecular flexibility index (Phi) is 7.10. The van der Waals surface area contributed by atoms with Crippen molar-refractivity contribution in [1.82, 2.24) is 5.32 Å². The number of carbonyl (C=O) groups is 1. The minimum atomic E-state index is -0.532. The second-order valence-electron chi connectivity index (χ2n) is 6.76. The van der Waals surface area contributed by atoms with Crippen molar-refractivity contribution in [2.75, 3.05) is 0 Å². The second kappa shape index (κ2) is 9.09. The van der Waals surface area contributed by atoms with E-state index in [0.717, 1.165) is 17.5 Å². The van der Waals surface area contributed by atoms with E-state index in [9.17, 15) is 4.79 Å². The van der Waals surface area contributed by atoms with Gasteiger partial charge in [0.25, 0.3) is 5.91 Å². The number of nitrogens with one attached hydrogen (secondary N) is 1. The van der Waals surface area contributed by atoms with Crippen LogP contribution in [0.2, 0.25) is 5.02 Å². The molecule has 2 aromatic rings. The van der Waals surface area contributed by atoms with Gasteiger partial charge in [-0.05, 0) is 68.5 Å².